The minimum atomic E-state index is -0.360. The molecule has 1 aliphatic rings. The maximum absolute atomic E-state index is 10.6. The second kappa shape index (κ2) is 2.64. The van der Waals surface area contributed by atoms with Gasteiger partial charge >= 0.3 is 5.97 Å². The van der Waals surface area contributed by atoms with Crippen LogP contribution >= 0.6 is 0 Å². The van der Waals surface area contributed by atoms with Gasteiger partial charge in [0, 0.05) is 13.3 Å². The first-order valence-electron chi connectivity index (χ1n) is 3.07. The van der Waals surface area contributed by atoms with Gasteiger partial charge in [0.15, 0.2) is 0 Å². The van der Waals surface area contributed by atoms with E-state index in [1.165, 1.54) is 6.92 Å². The predicted octanol–water partition coefficient (Wildman–Crippen LogP) is 0.796. The van der Waals surface area contributed by atoms with Crippen molar-refractivity contribution in [1.82, 2.24) is 0 Å². The number of carbonyl (C=O) groups excluding carboxylic acids is 2. The number of esters is 1. The third kappa shape index (κ3) is 1.69. The second-order valence-corrected chi connectivity index (χ2v) is 2.18. The van der Waals surface area contributed by atoms with Gasteiger partial charge in [0.2, 0.25) is 0 Å². The van der Waals surface area contributed by atoms with E-state index in [4.69, 9.17) is 0 Å². The van der Waals surface area contributed by atoms with Gasteiger partial charge in [-0.2, -0.15) is 0 Å². The second-order valence-electron chi connectivity index (χ2n) is 2.18. The minimum Gasteiger partial charge on any atom is -0.431 e. The lowest BCUT2D eigenvalue weighted by molar-refractivity contribution is -0.137. The van der Waals surface area contributed by atoms with Crippen LogP contribution in [0.1, 0.15) is 19.8 Å². The molecule has 1 rings (SSSR count). The van der Waals surface area contributed by atoms with E-state index in [2.05, 4.69) is 4.74 Å². The molecular weight excluding hydrogens is 132 g/mol. The molecule has 0 N–H and O–H groups in total. The minimum absolute atomic E-state index is 0.108. The molecule has 0 aromatic carbocycles. The summed E-state index contributed by atoms with van der Waals surface area (Å²) < 4.78 is 4.68. The van der Waals surface area contributed by atoms with E-state index in [0.29, 0.717) is 12.2 Å². The van der Waals surface area contributed by atoms with Gasteiger partial charge < -0.3 is 4.74 Å². The van der Waals surface area contributed by atoms with Crippen LogP contribution in [0.2, 0.25) is 0 Å². The maximum Gasteiger partial charge on any atom is 0.307 e. The van der Waals surface area contributed by atoms with E-state index >= 15 is 0 Å². The van der Waals surface area contributed by atoms with Crippen molar-refractivity contribution in [2.45, 2.75) is 19.8 Å². The Balaban J connectivity index is 2.44. The summed E-state index contributed by atoms with van der Waals surface area (Å²) in [5.41, 5.74) is 0. The largest absolute Gasteiger partial charge is 0.431 e. The Labute approximate surface area is 58.7 Å². The summed E-state index contributed by atoms with van der Waals surface area (Å²) in [6.45, 7) is 1.32. The Morgan fingerprint density at radius 1 is 1.70 bits per heavy atom. The lowest BCUT2D eigenvalue weighted by atomic mass is 10.3. The molecular formula is C7H8O3. The van der Waals surface area contributed by atoms with Gasteiger partial charge in [-0.15, -0.1) is 0 Å². The molecule has 0 aliphatic heterocycles. The topological polar surface area (TPSA) is 43.4 Å². The number of ether oxygens (including phenoxy) is 1. The van der Waals surface area contributed by atoms with Crippen LogP contribution in [0.3, 0.4) is 0 Å². The zero-order valence-electron chi connectivity index (χ0n) is 5.72. The molecule has 1 aliphatic carbocycles. The Kier molecular flexibility index (Phi) is 1.85. The molecule has 3 heteroatoms. The number of ketones is 1. The molecule has 0 aromatic heterocycles. The van der Waals surface area contributed by atoms with Crippen molar-refractivity contribution in [3.63, 3.8) is 0 Å². The fraction of sp³-hybridized carbons (Fsp3) is 0.429. The summed E-state index contributed by atoms with van der Waals surface area (Å²) in [5.74, 6) is 0.245. The van der Waals surface area contributed by atoms with E-state index in [-0.39, 0.29) is 18.2 Å². The summed E-state index contributed by atoms with van der Waals surface area (Å²) in [4.78, 5) is 20.9. The third-order valence-corrected chi connectivity index (χ3v) is 1.20. The summed E-state index contributed by atoms with van der Waals surface area (Å²) in [6.07, 6.45) is 2.33. The summed E-state index contributed by atoms with van der Waals surface area (Å²) >= 11 is 0. The smallest absolute Gasteiger partial charge is 0.307 e. The van der Waals surface area contributed by atoms with E-state index in [1.807, 2.05) is 0 Å². The van der Waals surface area contributed by atoms with Gasteiger partial charge in [0.25, 0.3) is 0 Å². The molecule has 3 nitrogen and oxygen atoms in total. The lowest BCUT2D eigenvalue weighted by Gasteiger charge is -1.97. The molecule has 0 heterocycles. The van der Waals surface area contributed by atoms with Crippen LogP contribution in [-0.2, 0) is 14.3 Å². The molecule has 54 valence electrons. The highest BCUT2D eigenvalue weighted by Crippen LogP contribution is 2.15. The van der Waals surface area contributed by atoms with Gasteiger partial charge in [-0.3, -0.25) is 9.59 Å². The van der Waals surface area contributed by atoms with E-state index in [9.17, 15) is 9.59 Å². The Morgan fingerprint density at radius 3 is 2.80 bits per heavy atom. The first-order chi connectivity index (χ1) is 4.68. The molecule has 0 spiro atoms. The van der Waals surface area contributed by atoms with Crippen LogP contribution < -0.4 is 0 Å². The van der Waals surface area contributed by atoms with Crippen LogP contribution in [0, 0.1) is 0 Å². The van der Waals surface area contributed by atoms with Crippen molar-refractivity contribution in [3.8, 4) is 0 Å². The van der Waals surface area contributed by atoms with E-state index in [1.54, 1.807) is 6.08 Å². The number of allylic oxidation sites excluding steroid dienone is 2. The first kappa shape index (κ1) is 6.99. The van der Waals surface area contributed by atoms with Gasteiger partial charge in [-0.25, -0.2) is 0 Å². The molecule has 10 heavy (non-hydrogen) atoms. The normalized spacial score (nSPS) is 16.9. The van der Waals surface area contributed by atoms with Crippen molar-refractivity contribution in [3.05, 3.63) is 11.8 Å². The number of carbonyl (C=O) groups is 2. The van der Waals surface area contributed by atoms with Crippen molar-refractivity contribution in [1.29, 1.82) is 0 Å². The van der Waals surface area contributed by atoms with Crippen LogP contribution in [-0.4, -0.2) is 11.8 Å². The zero-order chi connectivity index (χ0) is 7.56. The number of rotatable bonds is 1. The van der Waals surface area contributed by atoms with Crippen LogP contribution in [0.15, 0.2) is 11.8 Å². The molecule has 0 bridgehead atoms. The van der Waals surface area contributed by atoms with Gasteiger partial charge in [0.1, 0.15) is 11.5 Å². The fourth-order valence-corrected chi connectivity index (χ4v) is 0.829. The van der Waals surface area contributed by atoms with E-state index < -0.39 is 0 Å². The Morgan fingerprint density at radius 2 is 2.40 bits per heavy atom. The Bertz CT molecular complexity index is 203. The number of hydrogen-bond donors (Lipinski definition) is 0. The van der Waals surface area contributed by atoms with Gasteiger partial charge in [0.05, 0.1) is 6.42 Å². The average molecular weight is 140 g/mol. The highest BCUT2D eigenvalue weighted by Gasteiger charge is 2.14. The zero-order valence-corrected chi connectivity index (χ0v) is 5.72. The average Bonchev–Trinajstić information content (AvgIpc) is 2.13. The molecule has 0 unspecified atom stereocenters. The quantitative estimate of drug-likeness (QED) is 0.506. The SMILES string of the molecule is CC(=O)OC1=CCC(=O)C1. The van der Waals surface area contributed by atoms with E-state index in [0.717, 1.165) is 0 Å². The molecule has 0 aromatic rings. The molecule has 0 amide bonds. The van der Waals surface area contributed by atoms with Crippen molar-refractivity contribution in [2.75, 3.05) is 0 Å². The fourth-order valence-electron chi connectivity index (χ4n) is 0.829. The van der Waals surface area contributed by atoms with Crippen molar-refractivity contribution < 1.29 is 14.3 Å². The van der Waals surface area contributed by atoms with Gasteiger partial charge in [-0.1, -0.05) is 0 Å². The van der Waals surface area contributed by atoms with Crippen molar-refractivity contribution in [2.24, 2.45) is 0 Å². The highest BCUT2D eigenvalue weighted by molar-refractivity contribution is 5.85. The molecule has 0 fully saturated rings. The summed E-state index contributed by atoms with van der Waals surface area (Å²) in [5, 5.41) is 0. The third-order valence-electron chi connectivity index (χ3n) is 1.20. The van der Waals surface area contributed by atoms with Crippen LogP contribution in [0.4, 0.5) is 0 Å². The molecule has 0 saturated carbocycles. The monoisotopic (exact) mass is 140 g/mol. The summed E-state index contributed by atoms with van der Waals surface area (Å²) in [6, 6.07) is 0. The van der Waals surface area contributed by atoms with Crippen LogP contribution in [0.25, 0.3) is 0 Å². The molecule has 0 radical (unpaired) electrons. The Hall–Kier alpha value is -1.12. The molecule has 0 atom stereocenters. The highest BCUT2D eigenvalue weighted by atomic mass is 16.5. The lowest BCUT2D eigenvalue weighted by Crippen LogP contribution is -1.98. The maximum atomic E-state index is 10.6. The van der Waals surface area contributed by atoms with Gasteiger partial charge in [-0.05, 0) is 6.08 Å². The first-order valence-corrected chi connectivity index (χ1v) is 3.07. The molecule has 0 saturated heterocycles. The standard InChI is InChI=1S/C7H8O3/c1-5(8)10-7-3-2-6(9)4-7/h3H,2,4H2,1H3. The number of Topliss-reactive ketones (excluding diaryl/α,β-unsaturated/α-hetero) is 1. The predicted molar refractivity (Wildman–Crippen MR) is 34.1 cm³/mol. The van der Waals surface area contributed by atoms with Crippen molar-refractivity contribution >= 4 is 11.8 Å². The summed E-state index contributed by atoms with van der Waals surface area (Å²) in [7, 11) is 0. The number of hydrogen-bond acceptors (Lipinski definition) is 3. The van der Waals surface area contributed by atoms with Crippen LogP contribution in [0.5, 0.6) is 0 Å².